The number of aliphatic hydroxyl groups excluding tert-OH is 3. The Hall–Kier alpha value is -4.08. The van der Waals surface area contributed by atoms with Crippen LogP contribution in [0.25, 0.3) is 39.3 Å². The van der Waals surface area contributed by atoms with Crippen LogP contribution in [0.3, 0.4) is 0 Å². The van der Waals surface area contributed by atoms with Crippen molar-refractivity contribution >= 4 is 27.9 Å². The van der Waals surface area contributed by atoms with E-state index in [1.165, 1.54) is 21.9 Å². The quantitative estimate of drug-likeness (QED) is 0.238. The number of hydrogen-bond acceptors (Lipinski definition) is 12. The van der Waals surface area contributed by atoms with Crippen LogP contribution in [-0.4, -0.2) is 98.8 Å². The molecule has 0 bridgehead atoms. The Morgan fingerprint density at radius 2 is 1.97 bits per heavy atom. The Balaban J connectivity index is 1.33. The minimum Gasteiger partial charge on any atom is -0.394 e. The van der Waals surface area contributed by atoms with Crippen molar-refractivity contribution in [2.45, 2.75) is 37.0 Å². The molecule has 0 amide bonds. The fourth-order valence-corrected chi connectivity index (χ4v) is 5.04. The molecule has 14 heteroatoms. The van der Waals surface area contributed by atoms with Gasteiger partial charge in [-0.15, -0.1) is 0 Å². The lowest BCUT2D eigenvalue weighted by Crippen LogP contribution is -2.33. The number of ether oxygens (including phenoxy) is 2. The molecule has 7 rings (SSSR count). The van der Waals surface area contributed by atoms with Gasteiger partial charge < -0.3 is 30.1 Å². The van der Waals surface area contributed by atoms with Crippen molar-refractivity contribution in [3.05, 3.63) is 49.3 Å². The van der Waals surface area contributed by atoms with E-state index in [1.54, 1.807) is 12.4 Å². The molecule has 2 saturated heterocycles. The van der Waals surface area contributed by atoms with Crippen molar-refractivity contribution in [3.63, 3.8) is 0 Å². The minimum atomic E-state index is -1.29. The summed E-state index contributed by atoms with van der Waals surface area (Å²) in [5.74, 6) is 0.725. The van der Waals surface area contributed by atoms with Crippen LogP contribution in [0.15, 0.2) is 49.3 Å². The first-order chi connectivity index (χ1) is 19.1. The van der Waals surface area contributed by atoms with E-state index in [9.17, 15) is 15.3 Å². The largest absolute Gasteiger partial charge is 0.394 e. The van der Waals surface area contributed by atoms with Gasteiger partial charge in [0.05, 0.1) is 43.0 Å². The van der Waals surface area contributed by atoms with E-state index in [4.69, 9.17) is 19.4 Å². The second kappa shape index (κ2) is 9.59. The first-order valence-corrected chi connectivity index (χ1v) is 12.6. The van der Waals surface area contributed by atoms with E-state index in [0.29, 0.717) is 30.2 Å². The van der Waals surface area contributed by atoms with Gasteiger partial charge in [-0.3, -0.25) is 4.57 Å². The van der Waals surface area contributed by atoms with Crippen molar-refractivity contribution in [2.24, 2.45) is 0 Å². The molecular formula is C25H25N9O5. The Bertz CT molecular complexity index is 1640. The Kier molecular flexibility index (Phi) is 5.90. The molecule has 4 aromatic heterocycles. The van der Waals surface area contributed by atoms with Gasteiger partial charge in [0.15, 0.2) is 23.2 Å². The van der Waals surface area contributed by atoms with Crippen molar-refractivity contribution < 1.29 is 24.8 Å². The molecule has 5 atom stereocenters. The summed E-state index contributed by atoms with van der Waals surface area (Å²) in [5.41, 5.74) is 3.12. The zero-order valence-electron chi connectivity index (χ0n) is 20.6. The summed E-state index contributed by atoms with van der Waals surface area (Å²) in [5, 5.41) is 39.3. The molecule has 1 unspecified atom stereocenters. The summed E-state index contributed by atoms with van der Waals surface area (Å²) >= 11 is 0. The topological polar surface area (TPSA) is 178 Å². The smallest absolute Gasteiger partial charge is 0.254 e. The monoisotopic (exact) mass is 531 g/mol. The second-order valence-electron chi connectivity index (χ2n) is 9.54. The number of nitrogens with one attached hydrogen (secondary N) is 1. The van der Waals surface area contributed by atoms with Gasteiger partial charge in [0.25, 0.3) is 5.95 Å². The molecule has 1 aromatic carbocycles. The van der Waals surface area contributed by atoms with Crippen LogP contribution >= 0.6 is 0 Å². The highest BCUT2D eigenvalue weighted by molar-refractivity contribution is 5.91. The standard InChI is InChI=1S/C25H25N9O5/c35-9-17-20(36)21(37)24(39-17)33-12-28-19-22(30-14-5-6-38-10-14)31-25(32-23(19)33)34-8-13(7-29-34)18-15-3-1-2-4-16(15)26-11-27-18/h1-4,7-8,11-12,14,17,20-21,24,35-37H,5-6,9-10H2,(H,30,31,32)/t14?,17-,20-,21-,24-/m1/s1. The molecule has 0 spiro atoms. The number of benzene rings is 1. The molecule has 4 N–H and O–H groups in total. The maximum Gasteiger partial charge on any atom is 0.254 e. The Labute approximate surface area is 220 Å². The molecule has 0 aliphatic carbocycles. The van der Waals surface area contributed by atoms with E-state index in [1.807, 2.05) is 24.3 Å². The summed E-state index contributed by atoms with van der Waals surface area (Å²) in [4.78, 5) is 22.7. The zero-order chi connectivity index (χ0) is 26.5. The minimum absolute atomic E-state index is 0.0376. The average molecular weight is 532 g/mol. The van der Waals surface area contributed by atoms with Gasteiger partial charge in [-0.05, 0) is 12.5 Å². The van der Waals surface area contributed by atoms with Crippen molar-refractivity contribution in [2.75, 3.05) is 25.1 Å². The van der Waals surface area contributed by atoms with E-state index < -0.39 is 31.1 Å². The van der Waals surface area contributed by atoms with Gasteiger partial charge in [0.1, 0.15) is 24.6 Å². The highest BCUT2D eigenvalue weighted by Crippen LogP contribution is 2.33. The van der Waals surface area contributed by atoms with E-state index in [2.05, 4.69) is 25.4 Å². The van der Waals surface area contributed by atoms with E-state index in [0.717, 1.165) is 28.6 Å². The lowest BCUT2D eigenvalue weighted by atomic mass is 10.1. The molecule has 0 saturated carbocycles. The predicted octanol–water partition coefficient (Wildman–Crippen LogP) is 0.434. The number of para-hydroxylation sites is 1. The summed E-state index contributed by atoms with van der Waals surface area (Å²) in [7, 11) is 0. The molecule has 39 heavy (non-hydrogen) atoms. The van der Waals surface area contributed by atoms with E-state index in [-0.39, 0.29) is 12.0 Å². The average Bonchev–Trinajstić information content (AvgIpc) is 3.77. The number of fused-ring (bicyclic) bond motifs is 2. The maximum absolute atomic E-state index is 10.7. The lowest BCUT2D eigenvalue weighted by Gasteiger charge is -2.17. The van der Waals surface area contributed by atoms with Gasteiger partial charge in [0.2, 0.25) is 0 Å². The molecule has 2 aliphatic heterocycles. The number of anilines is 1. The molecule has 6 heterocycles. The number of aromatic nitrogens is 8. The number of nitrogens with zero attached hydrogens (tertiary/aromatic N) is 8. The van der Waals surface area contributed by atoms with Crippen LogP contribution in [0.1, 0.15) is 12.6 Å². The Morgan fingerprint density at radius 3 is 2.79 bits per heavy atom. The van der Waals surface area contributed by atoms with Crippen LogP contribution in [0.4, 0.5) is 5.82 Å². The third-order valence-corrected chi connectivity index (χ3v) is 7.08. The van der Waals surface area contributed by atoms with Gasteiger partial charge >= 0.3 is 0 Å². The van der Waals surface area contributed by atoms with Gasteiger partial charge in [0, 0.05) is 23.8 Å². The fraction of sp³-hybridized carbons (Fsp3) is 0.360. The highest BCUT2D eigenvalue weighted by Gasteiger charge is 2.44. The first-order valence-electron chi connectivity index (χ1n) is 12.6. The van der Waals surface area contributed by atoms with E-state index >= 15 is 0 Å². The summed E-state index contributed by atoms with van der Waals surface area (Å²) in [6, 6.07) is 7.77. The fourth-order valence-electron chi connectivity index (χ4n) is 5.04. The Morgan fingerprint density at radius 1 is 1.08 bits per heavy atom. The molecule has 5 aromatic rings. The maximum atomic E-state index is 10.7. The van der Waals surface area contributed by atoms with Gasteiger partial charge in [-0.1, -0.05) is 18.2 Å². The number of hydrogen-bond donors (Lipinski definition) is 4. The van der Waals surface area contributed by atoms with Crippen LogP contribution in [-0.2, 0) is 9.47 Å². The highest BCUT2D eigenvalue weighted by atomic mass is 16.6. The predicted molar refractivity (Wildman–Crippen MR) is 137 cm³/mol. The molecule has 2 fully saturated rings. The second-order valence-corrected chi connectivity index (χ2v) is 9.54. The molecular weight excluding hydrogens is 506 g/mol. The lowest BCUT2D eigenvalue weighted by molar-refractivity contribution is -0.0511. The SMILES string of the molecule is OC[C@H]1O[C@@H](n2cnc3c(NC4CCOC4)nc(-n4cc(-c5ncnc6ccccc56)cn4)nc32)[C@H](O)[C@@H]1O. The molecule has 14 nitrogen and oxygen atoms in total. The van der Waals surface area contributed by atoms with Crippen LogP contribution in [0, 0.1) is 0 Å². The van der Waals surface area contributed by atoms with Gasteiger partial charge in [-0.25, -0.2) is 19.6 Å². The van der Waals surface area contributed by atoms with Crippen molar-refractivity contribution in [3.8, 4) is 17.2 Å². The third-order valence-electron chi connectivity index (χ3n) is 7.08. The first kappa shape index (κ1) is 24.0. The zero-order valence-corrected chi connectivity index (χ0v) is 20.6. The number of aliphatic hydroxyl groups is 3. The van der Waals surface area contributed by atoms with Crippen LogP contribution < -0.4 is 5.32 Å². The van der Waals surface area contributed by atoms with Crippen molar-refractivity contribution in [1.29, 1.82) is 0 Å². The third kappa shape index (κ3) is 4.09. The summed E-state index contributed by atoms with van der Waals surface area (Å²) in [6.07, 6.45) is 2.77. The molecule has 0 radical (unpaired) electrons. The van der Waals surface area contributed by atoms with Crippen LogP contribution in [0.2, 0.25) is 0 Å². The number of imidazole rings is 1. The van der Waals surface area contributed by atoms with Gasteiger partial charge in [-0.2, -0.15) is 15.1 Å². The van der Waals surface area contributed by atoms with Crippen LogP contribution in [0.5, 0.6) is 0 Å². The summed E-state index contributed by atoms with van der Waals surface area (Å²) < 4.78 is 14.3. The molecule has 2 aliphatic rings. The number of rotatable bonds is 6. The molecule has 200 valence electrons. The van der Waals surface area contributed by atoms with Crippen molar-refractivity contribution in [1.82, 2.24) is 39.3 Å². The normalized spacial score (nSPS) is 25.2. The summed E-state index contributed by atoms with van der Waals surface area (Å²) in [6.45, 7) is 0.734.